The zero-order chi connectivity index (χ0) is 21.8. The third-order valence-electron chi connectivity index (χ3n) is 6.12. The highest BCUT2D eigenvalue weighted by Gasteiger charge is 2.31. The van der Waals surface area contributed by atoms with Gasteiger partial charge in [-0.2, -0.15) is 4.98 Å². The van der Waals surface area contributed by atoms with Crippen LogP contribution in [0.1, 0.15) is 84.6 Å². The predicted molar refractivity (Wildman–Crippen MR) is 112 cm³/mol. The molecule has 4 heterocycles. The van der Waals surface area contributed by atoms with Crippen molar-refractivity contribution in [3.05, 3.63) is 35.0 Å². The molecule has 2 aromatic rings. The third-order valence-corrected chi connectivity index (χ3v) is 6.12. The SMILES string of the molecule is Cc1noc(CCC(=O)N2CCCCC2c2ncc(C(=O)N3CCCCC3)c(C)n2)n1. The second kappa shape index (κ2) is 9.53. The summed E-state index contributed by atoms with van der Waals surface area (Å²) in [5, 5.41) is 3.77. The quantitative estimate of drug-likeness (QED) is 0.724. The lowest BCUT2D eigenvalue weighted by molar-refractivity contribution is -0.135. The maximum Gasteiger partial charge on any atom is 0.257 e. The molecule has 4 rings (SSSR count). The first-order valence-corrected chi connectivity index (χ1v) is 11.2. The number of amides is 2. The van der Waals surface area contributed by atoms with E-state index in [9.17, 15) is 9.59 Å². The molecule has 9 heteroatoms. The number of aromatic nitrogens is 4. The number of carbonyl (C=O) groups excluding carboxylic acids is 2. The fraction of sp³-hybridized carbons (Fsp3) is 0.636. The van der Waals surface area contributed by atoms with Crippen molar-refractivity contribution in [1.29, 1.82) is 0 Å². The van der Waals surface area contributed by atoms with Crippen molar-refractivity contribution < 1.29 is 14.1 Å². The summed E-state index contributed by atoms with van der Waals surface area (Å²) in [5.74, 6) is 1.72. The van der Waals surface area contributed by atoms with Crippen LogP contribution >= 0.6 is 0 Å². The van der Waals surface area contributed by atoms with E-state index in [4.69, 9.17) is 4.52 Å². The summed E-state index contributed by atoms with van der Waals surface area (Å²) < 4.78 is 5.12. The monoisotopic (exact) mass is 426 g/mol. The molecule has 0 radical (unpaired) electrons. The van der Waals surface area contributed by atoms with Crippen LogP contribution in [0.3, 0.4) is 0 Å². The molecule has 0 spiro atoms. The number of carbonyl (C=O) groups is 2. The minimum absolute atomic E-state index is 0.00942. The van der Waals surface area contributed by atoms with Crippen LogP contribution in [0, 0.1) is 13.8 Å². The molecule has 0 N–H and O–H groups in total. The third kappa shape index (κ3) is 4.91. The van der Waals surface area contributed by atoms with E-state index in [1.807, 2.05) is 16.7 Å². The molecule has 31 heavy (non-hydrogen) atoms. The van der Waals surface area contributed by atoms with Crippen molar-refractivity contribution >= 4 is 11.8 Å². The Morgan fingerprint density at radius 2 is 1.84 bits per heavy atom. The molecule has 0 saturated carbocycles. The highest BCUT2D eigenvalue weighted by molar-refractivity contribution is 5.95. The second-order valence-corrected chi connectivity index (χ2v) is 8.41. The van der Waals surface area contributed by atoms with E-state index in [0.717, 1.165) is 45.2 Å². The van der Waals surface area contributed by atoms with E-state index >= 15 is 0 Å². The van der Waals surface area contributed by atoms with Gasteiger partial charge in [0.2, 0.25) is 11.8 Å². The Balaban J connectivity index is 1.46. The molecule has 0 bridgehead atoms. The Morgan fingerprint density at radius 1 is 1.06 bits per heavy atom. The first kappa shape index (κ1) is 21.4. The summed E-state index contributed by atoms with van der Waals surface area (Å²) in [7, 11) is 0. The van der Waals surface area contributed by atoms with Crippen LogP contribution in [-0.2, 0) is 11.2 Å². The van der Waals surface area contributed by atoms with E-state index in [1.165, 1.54) is 6.42 Å². The molecular formula is C22H30N6O3. The van der Waals surface area contributed by atoms with Gasteiger partial charge in [-0.3, -0.25) is 9.59 Å². The Hall–Kier alpha value is -2.84. The van der Waals surface area contributed by atoms with Gasteiger partial charge < -0.3 is 14.3 Å². The van der Waals surface area contributed by atoms with Gasteiger partial charge in [-0.05, 0) is 52.4 Å². The van der Waals surface area contributed by atoms with Crippen LogP contribution in [0.25, 0.3) is 0 Å². The van der Waals surface area contributed by atoms with E-state index in [-0.39, 0.29) is 17.9 Å². The van der Waals surface area contributed by atoms with E-state index < -0.39 is 0 Å². The van der Waals surface area contributed by atoms with Gasteiger partial charge in [-0.25, -0.2) is 9.97 Å². The van der Waals surface area contributed by atoms with E-state index in [1.54, 1.807) is 13.1 Å². The molecule has 2 amide bonds. The summed E-state index contributed by atoms with van der Waals surface area (Å²) in [4.78, 5) is 43.0. The number of rotatable bonds is 5. The summed E-state index contributed by atoms with van der Waals surface area (Å²) in [6.07, 6.45) is 8.46. The molecule has 166 valence electrons. The van der Waals surface area contributed by atoms with E-state index in [2.05, 4.69) is 20.1 Å². The topological polar surface area (TPSA) is 105 Å². The number of aryl methyl sites for hydroxylation is 3. The smallest absolute Gasteiger partial charge is 0.257 e. The zero-order valence-corrected chi connectivity index (χ0v) is 18.3. The summed E-state index contributed by atoms with van der Waals surface area (Å²) in [5.41, 5.74) is 1.24. The lowest BCUT2D eigenvalue weighted by atomic mass is 10.00. The first-order chi connectivity index (χ1) is 15.0. The highest BCUT2D eigenvalue weighted by atomic mass is 16.5. The average molecular weight is 427 g/mol. The Bertz CT molecular complexity index is 937. The van der Waals surface area contributed by atoms with Crippen molar-refractivity contribution in [2.75, 3.05) is 19.6 Å². The van der Waals surface area contributed by atoms with Gasteiger partial charge in [0.15, 0.2) is 11.6 Å². The van der Waals surface area contributed by atoms with Crippen molar-refractivity contribution in [3.63, 3.8) is 0 Å². The van der Waals surface area contributed by atoms with Gasteiger partial charge in [0.25, 0.3) is 5.91 Å². The number of likely N-dealkylation sites (tertiary alicyclic amines) is 2. The molecule has 2 aliphatic rings. The molecule has 2 aliphatic heterocycles. The van der Waals surface area contributed by atoms with Crippen LogP contribution in [-0.4, -0.2) is 61.4 Å². The number of hydrogen-bond donors (Lipinski definition) is 0. The largest absolute Gasteiger partial charge is 0.339 e. The predicted octanol–water partition coefficient (Wildman–Crippen LogP) is 2.79. The molecule has 1 unspecified atom stereocenters. The first-order valence-electron chi connectivity index (χ1n) is 11.2. The van der Waals surface area contributed by atoms with Gasteiger partial charge in [-0.1, -0.05) is 5.16 Å². The number of nitrogens with zero attached hydrogens (tertiary/aromatic N) is 6. The van der Waals surface area contributed by atoms with Crippen LogP contribution in [0.15, 0.2) is 10.7 Å². The average Bonchev–Trinajstić information content (AvgIpc) is 3.22. The highest BCUT2D eigenvalue weighted by Crippen LogP contribution is 2.30. The summed E-state index contributed by atoms with van der Waals surface area (Å²) in [6.45, 7) is 5.89. The van der Waals surface area contributed by atoms with Crippen molar-refractivity contribution in [3.8, 4) is 0 Å². The Kier molecular flexibility index (Phi) is 6.58. The van der Waals surface area contributed by atoms with Gasteiger partial charge in [0.1, 0.15) is 0 Å². The van der Waals surface area contributed by atoms with Crippen molar-refractivity contribution in [2.45, 2.75) is 71.3 Å². The molecule has 2 fully saturated rings. The molecule has 2 saturated heterocycles. The molecule has 0 aliphatic carbocycles. The Labute approximate surface area is 182 Å². The van der Waals surface area contributed by atoms with Crippen LogP contribution in [0.5, 0.6) is 0 Å². The molecule has 9 nitrogen and oxygen atoms in total. The zero-order valence-electron chi connectivity index (χ0n) is 18.3. The minimum Gasteiger partial charge on any atom is -0.339 e. The lowest BCUT2D eigenvalue weighted by Gasteiger charge is -2.35. The van der Waals surface area contributed by atoms with Gasteiger partial charge >= 0.3 is 0 Å². The molecular weight excluding hydrogens is 396 g/mol. The fourth-order valence-electron chi connectivity index (χ4n) is 4.42. The van der Waals surface area contributed by atoms with Gasteiger partial charge in [-0.15, -0.1) is 0 Å². The maximum absolute atomic E-state index is 12.9. The van der Waals surface area contributed by atoms with Gasteiger partial charge in [0, 0.05) is 38.7 Å². The minimum atomic E-state index is -0.163. The van der Waals surface area contributed by atoms with Crippen molar-refractivity contribution in [2.24, 2.45) is 0 Å². The Morgan fingerprint density at radius 3 is 2.55 bits per heavy atom. The molecule has 0 aromatic carbocycles. The fourth-order valence-corrected chi connectivity index (χ4v) is 4.42. The van der Waals surface area contributed by atoms with Crippen LogP contribution in [0.4, 0.5) is 0 Å². The maximum atomic E-state index is 12.9. The summed E-state index contributed by atoms with van der Waals surface area (Å²) >= 11 is 0. The second-order valence-electron chi connectivity index (χ2n) is 8.41. The summed E-state index contributed by atoms with van der Waals surface area (Å²) in [6, 6.07) is -0.163. The lowest BCUT2D eigenvalue weighted by Crippen LogP contribution is -2.40. The number of hydrogen-bond acceptors (Lipinski definition) is 7. The van der Waals surface area contributed by atoms with Gasteiger partial charge in [0.05, 0.1) is 17.3 Å². The van der Waals surface area contributed by atoms with Crippen LogP contribution in [0.2, 0.25) is 0 Å². The molecule has 2 aromatic heterocycles. The normalized spacial score (nSPS) is 19.5. The number of piperidine rings is 2. The van der Waals surface area contributed by atoms with E-state index in [0.29, 0.717) is 48.2 Å². The van der Waals surface area contributed by atoms with Crippen molar-refractivity contribution in [1.82, 2.24) is 29.9 Å². The molecule has 1 atom stereocenters. The standard InChI is InChI=1S/C22H30N6O3/c1-15-17(22(30)27-11-5-3-6-12-27)14-23-21(24-15)18-8-4-7-13-28(18)20(29)10-9-19-25-16(2)26-31-19/h14,18H,3-13H2,1-2H3. The van der Waals surface area contributed by atoms with Crippen LogP contribution < -0.4 is 0 Å².